The van der Waals surface area contributed by atoms with Crippen LogP contribution in [0.2, 0.25) is 0 Å². The summed E-state index contributed by atoms with van der Waals surface area (Å²) in [6.45, 7) is 3.99. The van der Waals surface area contributed by atoms with Gasteiger partial charge in [-0.15, -0.1) is 0 Å². The second-order valence-electron chi connectivity index (χ2n) is 4.93. The van der Waals surface area contributed by atoms with Crippen molar-refractivity contribution in [2.24, 2.45) is 0 Å². The van der Waals surface area contributed by atoms with Crippen molar-refractivity contribution in [3.63, 3.8) is 0 Å². The number of fused-ring (bicyclic) bond motifs is 1. The van der Waals surface area contributed by atoms with Gasteiger partial charge in [-0.3, -0.25) is 0 Å². The number of benzene rings is 2. The molecule has 20 heavy (non-hydrogen) atoms. The van der Waals surface area contributed by atoms with Crippen molar-refractivity contribution >= 4 is 32.5 Å². The maximum atomic E-state index is 3.62. The van der Waals surface area contributed by atoms with Crippen LogP contribution >= 0.6 is 15.9 Å². The summed E-state index contributed by atoms with van der Waals surface area (Å²) in [6.07, 6.45) is 2.16. The number of hydrogen-bond acceptors (Lipinski definition) is 1. The molecule has 0 aliphatic heterocycles. The van der Waals surface area contributed by atoms with E-state index in [1.54, 1.807) is 0 Å². The minimum absolute atomic E-state index is 0.913. The fourth-order valence-corrected chi connectivity index (χ4v) is 3.05. The van der Waals surface area contributed by atoms with Crippen LogP contribution in [0.3, 0.4) is 0 Å². The third kappa shape index (κ3) is 2.59. The summed E-state index contributed by atoms with van der Waals surface area (Å²) in [7, 11) is 0. The van der Waals surface area contributed by atoms with Crippen LogP contribution in [0.4, 0.5) is 5.69 Å². The molecule has 1 aromatic heterocycles. The molecular weight excluding hydrogens is 312 g/mol. The van der Waals surface area contributed by atoms with Crippen LogP contribution in [0.15, 0.2) is 59.2 Å². The number of rotatable bonds is 4. The molecule has 0 atom stereocenters. The van der Waals surface area contributed by atoms with E-state index in [1.165, 1.54) is 22.2 Å². The smallest absolute Gasteiger partial charge is 0.0492 e. The Kier molecular flexibility index (Phi) is 3.79. The van der Waals surface area contributed by atoms with Crippen LogP contribution in [0.5, 0.6) is 0 Å². The molecule has 1 heterocycles. The van der Waals surface area contributed by atoms with E-state index >= 15 is 0 Å². The van der Waals surface area contributed by atoms with Crippen molar-refractivity contribution in [3.05, 3.63) is 64.8 Å². The molecule has 0 amide bonds. The Morgan fingerprint density at radius 2 is 1.80 bits per heavy atom. The lowest BCUT2D eigenvalue weighted by Crippen LogP contribution is -2.10. The van der Waals surface area contributed by atoms with Crippen LogP contribution in [-0.2, 0) is 6.54 Å². The third-order valence-corrected chi connectivity index (χ3v) is 4.19. The van der Waals surface area contributed by atoms with Gasteiger partial charge < -0.3 is 9.88 Å². The molecule has 0 bridgehead atoms. The number of anilines is 1. The first-order valence-electron chi connectivity index (χ1n) is 6.78. The summed E-state index contributed by atoms with van der Waals surface area (Å²) < 4.78 is 3.44. The van der Waals surface area contributed by atoms with Gasteiger partial charge in [-0.25, -0.2) is 0 Å². The fraction of sp³-hybridized carbons (Fsp3) is 0.176. The van der Waals surface area contributed by atoms with E-state index in [-0.39, 0.29) is 0 Å². The lowest BCUT2D eigenvalue weighted by Gasteiger charge is -2.10. The zero-order valence-corrected chi connectivity index (χ0v) is 13.0. The number of para-hydroxylation sites is 2. The molecule has 0 fully saturated rings. The topological polar surface area (TPSA) is 17.0 Å². The Hall–Kier alpha value is -1.74. The van der Waals surface area contributed by atoms with Crippen molar-refractivity contribution in [1.29, 1.82) is 0 Å². The van der Waals surface area contributed by atoms with Gasteiger partial charge >= 0.3 is 0 Å². The monoisotopic (exact) mass is 328 g/mol. The molecule has 0 saturated carbocycles. The fourth-order valence-electron chi connectivity index (χ4n) is 2.47. The average Bonchev–Trinajstić information content (AvgIpc) is 2.78. The number of nitrogens with one attached hydrogen (secondary N) is 1. The summed E-state index contributed by atoms with van der Waals surface area (Å²) >= 11 is 3.62. The maximum absolute atomic E-state index is 3.62. The molecule has 0 saturated heterocycles. The van der Waals surface area contributed by atoms with Gasteiger partial charge in [-0.2, -0.15) is 0 Å². The van der Waals surface area contributed by atoms with Gasteiger partial charge in [0.05, 0.1) is 0 Å². The summed E-state index contributed by atoms with van der Waals surface area (Å²) in [5.74, 6) is 0. The molecule has 0 unspecified atom stereocenters. The van der Waals surface area contributed by atoms with E-state index < -0.39 is 0 Å². The minimum Gasteiger partial charge on any atom is -0.383 e. The van der Waals surface area contributed by atoms with Crippen molar-refractivity contribution in [1.82, 2.24) is 4.57 Å². The first kappa shape index (κ1) is 13.3. The molecule has 3 heteroatoms. The van der Waals surface area contributed by atoms with Gasteiger partial charge in [0.2, 0.25) is 0 Å². The quantitative estimate of drug-likeness (QED) is 0.726. The molecule has 0 radical (unpaired) electrons. The minimum atomic E-state index is 0.913. The van der Waals surface area contributed by atoms with Crippen LogP contribution in [0, 0.1) is 6.92 Å². The van der Waals surface area contributed by atoms with E-state index in [2.05, 4.69) is 87.5 Å². The average molecular weight is 329 g/mol. The van der Waals surface area contributed by atoms with Crippen molar-refractivity contribution < 1.29 is 0 Å². The number of halogens is 1. The molecule has 0 aliphatic carbocycles. The molecule has 102 valence electrons. The van der Waals surface area contributed by atoms with Gasteiger partial charge in [-0.1, -0.05) is 36.4 Å². The van der Waals surface area contributed by atoms with E-state index in [9.17, 15) is 0 Å². The lowest BCUT2D eigenvalue weighted by atomic mass is 10.2. The summed E-state index contributed by atoms with van der Waals surface area (Å²) in [5.41, 5.74) is 3.76. The normalized spacial score (nSPS) is 10.9. The van der Waals surface area contributed by atoms with Crippen molar-refractivity contribution in [2.75, 3.05) is 11.9 Å². The second-order valence-corrected chi connectivity index (χ2v) is 5.78. The third-order valence-electron chi connectivity index (χ3n) is 3.55. The molecule has 0 aliphatic rings. The Labute approximate surface area is 127 Å². The predicted octanol–water partition coefficient (Wildman–Crippen LogP) is 4.82. The van der Waals surface area contributed by atoms with Gasteiger partial charge in [0, 0.05) is 40.3 Å². The second kappa shape index (κ2) is 5.71. The standard InChI is InChI=1S/C17H17BrN2/c1-13-6-2-4-8-16(13)19-10-11-20-12-15(18)14-7-3-5-9-17(14)20/h2-9,12,19H,10-11H2,1H3. The van der Waals surface area contributed by atoms with Crippen molar-refractivity contribution in [2.45, 2.75) is 13.5 Å². The summed E-state index contributed by atoms with van der Waals surface area (Å²) in [6, 6.07) is 16.8. The van der Waals surface area contributed by atoms with E-state index in [0.717, 1.165) is 17.6 Å². The molecule has 3 aromatic rings. The van der Waals surface area contributed by atoms with Crippen LogP contribution < -0.4 is 5.32 Å². The van der Waals surface area contributed by atoms with Gasteiger partial charge in [0.15, 0.2) is 0 Å². The van der Waals surface area contributed by atoms with Gasteiger partial charge in [0.25, 0.3) is 0 Å². The highest BCUT2D eigenvalue weighted by Gasteiger charge is 2.05. The zero-order chi connectivity index (χ0) is 13.9. The zero-order valence-electron chi connectivity index (χ0n) is 11.4. The predicted molar refractivity (Wildman–Crippen MR) is 89.3 cm³/mol. The first-order valence-corrected chi connectivity index (χ1v) is 7.58. The molecule has 1 N–H and O–H groups in total. The SMILES string of the molecule is Cc1ccccc1NCCn1cc(Br)c2ccccc21. The molecule has 0 spiro atoms. The molecule has 2 nitrogen and oxygen atoms in total. The highest BCUT2D eigenvalue weighted by Crippen LogP contribution is 2.25. The van der Waals surface area contributed by atoms with E-state index in [4.69, 9.17) is 0 Å². The lowest BCUT2D eigenvalue weighted by molar-refractivity contribution is 0.756. The number of nitrogens with zero attached hydrogens (tertiary/aromatic N) is 1. The first-order chi connectivity index (χ1) is 9.75. The Morgan fingerprint density at radius 3 is 2.65 bits per heavy atom. The van der Waals surface area contributed by atoms with Crippen LogP contribution in [0.25, 0.3) is 10.9 Å². The van der Waals surface area contributed by atoms with Crippen LogP contribution in [-0.4, -0.2) is 11.1 Å². The largest absolute Gasteiger partial charge is 0.383 e. The highest BCUT2D eigenvalue weighted by atomic mass is 79.9. The molecule has 3 rings (SSSR count). The highest BCUT2D eigenvalue weighted by molar-refractivity contribution is 9.10. The molecule has 2 aromatic carbocycles. The van der Waals surface area contributed by atoms with Crippen LogP contribution in [0.1, 0.15) is 5.56 Å². The number of hydrogen-bond donors (Lipinski definition) is 1. The number of aromatic nitrogens is 1. The van der Waals surface area contributed by atoms with E-state index in [1.807, 2.05) is 0 Å². The summed E-state index contributed by atoms with van der Waals surface area (Å²) in [4.78, 5) is 0. The Balaban J connectivity index is 1.73. The van der Waals surface area contributed by atoms with E-state index in [0.29, 0.717) is 0 Å². The summed E-state index contributed by atoms with van der Waals surface area (Å²) in [5, 5.41) is 4.77. The van der Waals surface area contributed by atoms with Gasteiger partial charge in [-0.05, 0) is 40.5 Å². The van der Waals surface area contributed by atoms with Gasteiger partial charge in [0.1, 0.15) is 0 Å². The maximum Gasteiger partial charge on any atom is 0.0492 e. The molecular formula is C17H17BrN2. The van der Waals surface area contributed by atoms with Crippen molar-refractivity contribution in [3.8, 4) is 0 Å². The Morgan fingerprint density at radius 1 is 1.05 bits per heavy atom. The number of aryl methyl sites for hydroxylation is 1. The Bertz CT molecular complexity index is 731.